The van der Waals surface area contributed by atoms with Gasteiger partial charge in [0.15, 0.2) is 11.6 Å². The fourth-order valence-corrected chi connectivity index (χ4v) is 226. The molecule has 0 bridgehead atoms. The van der Waals surface area contributed by atoms with Crippen LogP contribution < -0.4 is 59.0 Å². The second-order valence-electron chi connectivity index (χ2n) is 26.2. The van der Waals surface area contributed by atoms with Crippen LogP contribution in [0.25, 0.3) is 0 Å². The molecule has 4 aliphatic heterocycles. The van der Waals surface area contributed by atoms with Crippen LogP contribution in [0.3, 0.4) is 0 Å². The number of Topliss-reactive ketones (excluding diaryl/α,β-unsaturated/α-hetero) is 1. The predicted octanol–water partition coefficient (Wildman–Crippen LogP) is 19.5. The number of fused-ring (bicyclic) bond motifs is 4. The zero-order valence-corrected chi connectivity index (χ0v) is 90.0. The number of amidine groups is 2. The molecule has 137 heavy (non-hydrogen) atoms. The summed E-state index contributed by atoms with van der Waals surface area (Å²) >= 11 is 15.4. The average molecular weight is 2980 g/mol. The Balaban J connectivity index is 0.000000421. The summed E-state index contributed by atoms with van der Waals surface area (Å²) in [5.41, 5.74) is 14.0. The molecule has 0 saturated carbocycles. The van der Waals surface area contributed by atoms with E-state index in [-0.39, 0.29) is 169 Å². The molecule has 0 saturated heterocycles. The number of alkyl halides is 10. The fraction of sp³-hybridized carbons (Fsp3) is 0.287. The van der Waals surface area contributed by atoms with Crippen LogP contribution in [0.5, 0.6) is 28.7 Å². The molecule has 8 N–H and O–H groups in total. The Kier molecular flexibility index (Phi) is 56.3. The van der Waals surface area contributed by atoms with Gasteiger partial charge >= 0.3 is 143 Å². The summed E-state index contributed by atoms with van der Waals surface area (Å²) in [5.74, 6) is -4.11. The predicted molar refractivity (Wildman–Crippen MR) is 563 cm³/mol. The molecule has 29 nitrogen and oxygen atoms in total. The topological polar surface area (TPSA) is 402 Å². The number of imide groups is 2. The van der Waals surface area contributed by atoms with Gasteiger partial charge in [0.05, 0.1) is 71.6 Å². The summed E-state index contributed by atoms with van der Waals surface area (Å²) in [6.07, 6.45) is -4.27. The number of nitrogens with zero attached hydrogens (tertiary/aromatic N) is 4. The van der Waals surface area contributed by atoms with Crippen molar-refractivity contribution in [1.82, 2.24) is 9.80 Å². The Bertz CT molecular complexity index is 5720. The normalized spacial score (nSPS) is 14.3. The van der Waals surface area contributed by atoms with Crippen LogP contribution in [0.1, 0.15) is 149 Å². The zero-order valence-electron chi connectivity index (χ0n) is 68.9. The number of nitrogens with one attached hydrogen (secondary N) is 2. The molecule has 13 rings (SSSR count). The van der Waals surface area contributed by atoms with Crippen molar-refractivity contribution in [3.63, 3.8) is 0 Å². The SMILES string of the molecule is C.C.C.C.CCOC(=O)C1=NS(=O)(=O)c2cc(I)ccc2N1.COC(CCC(=O)C1=NS(=O)(=O)c2cc(I)ccc2N1)c1ccccc1OC(F)F.COC(CN)c1ccccc1OC(F)F.COC(CN1C(=O)c2ccccc2C1=O)c1ccccc1OC(F)F.I[I-]I(I)I(I)I.NCC(O)c1ccccc1OC(F)F.O=C1c2ccccc2C(=O)N1CC(O)c1ccccc1OC(F)F. The Morgan fingerprint density at radius 1 is 0.445 bits per heavy atom. The minimum Gasteiger partial charge on any atom is -0.434 e. The van der Waals surface area contributed by atoms with Gasteiger partial charge in [-0.15, -0.1) is 8.80 Å². The Morgan fingerprint density at radius 3 is 1.07 bits per heavy atom. The number of esters is 1. The molecule has 4 heterocycles. The molecule has 5 atom stereocenters. The van der Waals surface area contributed by atoms with E-state index in [1.165, 1.54) is 94.1 Å². The number of carbonyl (C=O) groups is 6. The van der Waals surface area contributed by atoms with Gasteiger partial charge in [-0.05, 0) is 150 Å². The van der Waals surface area contributed by atoms with Crippen LogP contribution in [0.4, 0.5) is 55.3 Å². The summed E-state index contributed by atoms with van der Waals surface area (Å²) in [6, 6.07) is 52.8. The van der Waals surface area contributed by atoms with Gasteiger partial charge in [-0.1, -0.05) is 145 Å². The van der Waals surface area contributed by atoms with Crippen molar-refractivity contribution in [2.45, 2.75) is 123 Å². The minimum atomic E-state index is -4.01. The van der Waals surface area contributed by atoms with E-state index < -0.39 is 119 Å². The number of aliphatic hydroxyl groups excluding tert-OH is 2. The number of amides is 4. The van der Waals surface area contributed by atoms with Gasteiger partial charge in [0.1, 0.15) is 50.7 Å². The largest absolute Gasteiger partial charge is 0.434 e. The van der Waals surface area contributed by atoms with E-state index in [0.717, 1.165) is 13.4 Å². The first-order valence-corrected chi connectivity index (χ1v) is 80.6. The van der Waals surface area contributed by atoms with Crippen molar-refractivity contribution in [3.8, 4) is 28.7 Å². The van der Waals surface area contributed by atoms with Gasteiger partial charge in [-0.3, -0.25) is 33.8 Å². The van der Waals surface area contributed by atoms with Crippen molar-refractivity contribution < 1.29 is 156 Å². The van der Waals surface area contributed by atoms with Crippen molar-refractivity contribution in [2.24, 2.45) is 20.3 Å². The standard InChI is InChI=1S/C19H17F2IN2O5S.C18H15F2NO4.C17H13F2NO4.C10H13F2NO2.C10H9IN2O4S.C9H11F2NO2.4CH4.I7/c1-28-15(12-4-2-3-5-16(12)29-19(20)21)9-8-14(25)18-23-13-7-6-11(22)10-17(13)30(26,27)24-18;1-24-15(13-8-4-5-9-14(13)25-18(19)20)10-21-16(22)11-6-2-3-7-12(11)17(21)23;18-17(19)24-14-8-4-3-7-12(14)13(21)9-20-15(22)10-5-1-2-6-11(10)16(20)23;1-14-9(6-13)7-4-2-3-5-8(7)15-10(11)12;1-2-17-10(14)9-12-7-4-3-6(11)5-8(7)18(15,16)13-9;10-9(11)14-8-4-2-1-3-6(8)7(13)5-12;;;;;1-5-7(4)6(2)3/h2-7,10,15,19H,8-9H2,1H3,(H,23,24);2-9,15,18H,10H2,1H3;1-8,13,17,21H,9H2;2-5,9-10H,6,13H2,1H3;3-5H,2H2,1H3,(H,12,13);1-4,7,9,13H,5,12H2;4*1H4;/q;;;;;;;;;;-1. The number of nitrogens with two attached hydrogens (primary N) is 2. The van der Waals surface area contributed by atoms with E-state index in [2.05, 4.69) is 118 Å². The summed E-state index contributed by atoms with van der Waals surface area (Å²) < 4.78 is 223. The van der Waals surface area contributed by atoms with E-state index in [4.69, 9.17) is 30.4 Å². The molecule has 50 heteroatoms. The fourth-order valence-electron chi connectivity index (χ4n) is 12.3. The maximum absolute atomic E-state index is 12.6. The van der Waals surface area contributed by atoms with E-state index >= 15 is 0 Å². The minimum absolute atomic E-state index is 0. The van der Waals surface area contributed by atoms with Gasteiger partial charge in [-0.2, -0.15) is 60.7 Å². The molecule has 5 unspecified atom stereocenters. The molecule has 4 aliphatic rings. The molecule has 0 fully saturated rings. The number of sulfonamides is 2. The number of hydrogen-bond donors (Lipinski definition) is 6. The number of carbonyl (C=O) groups excluding carboxylic acids is 6. The summed E-state index contributed by atoms with van der Waals surface area (Å²) in [7, 11) is -4.13. The zero-order chi connectivity index (χ0) is 98.1. The van der Waals surface area contributed by atoms with Gasteiger partial charge in [-0.25, -0.2) is 4.79 Å². The number of halogens is 19. The molecule has 9 aromatic carbocycles. The molecule has 0 aromatic heterocycles. The quantitative estimate of drug-likeness (QED) is 0.00987. The number of methoxy groups -OCH3 is 3. The number of ketones is 1. The molecule has 0 aliphatic carbocycles. The number of hydrogen-bond acceptors (Lipinski definition) is 25. The maximum Gasteiger partial charge on any atom is 0.387 e. The first-order chi connectivity index (χ1) is 63.2. The van der Waals surface area contributed by atoms with E-state index in [1.54, 1.807) is 140 Å². The summed E-state index contributed by atoms with van der Waals surface area (Å²) in [6.45, 7) is -13.3. The third-order valence-electron chi connectivity index (χ3n) is 18.0. The Labute approximate surface area is 868 Å². The number of benzene rings is 9. The van der Waals surface area contributed by atoms with Crippen LogP contribution >= 0.6 is 135 Å². The molecular weight excluding hydrogens is 2890 g/mol. The molecule has 0 spiro atoms. The van der Waals surface area contributed by atoms with Gasteiger partial charge in [0, 0.05) is 75.8 Å². The average Bonchev–Trinajstić information content (AvgIpc) is 1.66. The maximum atomic E-state index is 12.6. The number of anilines is 2. The Hall–Kier alpha value is -6.17. The number of β-amino-alcohol motifs (C(OH)–C–C–N with tert-alkyl or cyclic N) is 1. The third-order valence-corrected chi connectivity index (χ3v) is 270. The monoisotopic (exact) mass is 2980 g/mol. The van der Waals surface area contributed by atoms with Crippen molar-refractivity contribution in [1.29, 1.82) is 0 Å². The Morgan fingerprint density at radius 2 is 0.752 bits per heavy atom. The van der Waals surface area contributed by atoms with Gasteiger partial charge in [0.2, 0.25) is 5.84 Å². The number of rotatable bonds is 32. The third kappa shape index (κ3) is 37.2. The van der Waals surface area contributed by atoms with Crippen molar-refractivity contribution in [2.75, 3.05) is 64.7 Å². The number of ether oxygens (including phenoxy) is 9. The van der Waals surface area contributed by atoms with Crippen LogP contribution in [0.2, 0.25) is 0 Å². The second kappa shape index (κ2) is 61.7. The van der Waals surface area contributed by atoms with Crippen molar-refractivity contribution >= 4 is 214 Å². The first-order valence-electron chi connectivity index (χ1n) is 37.8. The number of para-hydroxylation sites is 5. The van der Waals surface area contributed by atoms with Crippen LogP contribution in [-0.2, 0) is 48.6 Å². The first kappa shape index (κ1) is 125. The summed E-state index contributed by atoms with van der Waals surface area (Å²) in [4.78, 5) is 75.6. The molecule has 4 amide bonds. The molecular formula is C87H94F10I9N8O21S2-. The van der Waals surface area contributed by atoms with E-state index in [9.17, 15) is 99.7 Å². The van der Waals surface area contributed by atoms with Crippen LogP contribution in [0.15, 0.2) is 225 Å². The smallest absolute Gasteiger partial charge is 0.387 e. The van der Waals surface area contributed by atoms with E-state index in [0.29, 0.717) is 50.3 Å². The van der Waals surface area contributed by atoms with Crippen LogP contribution in [-0.4, -0.2) is 171 Å². The molecule has 9 aromatic rings. The number of aliphatic hydroxyl groups is 2. The van der Waals surface area contributed by atoms with Gasteiger partial charge in [0.25, 0.3) is 43.7 Å². The summed E-state index contributed by atoms with van der Waals surface area (Å²) in [5, 5.41) is 25.1. The molecule has 754 valence electrons. The van der Waals surface area contributed by atoms with Crippen LogP contribution in [0, 0.1) is 7.14 Å². The van der Waals surface area contributed by atoms with Gasteiger partial charge < -0.3 is 74.9 Å². The van der Waals surface area contributed by atoms with E-state index in [1.807, 2.05) is 45.2 Å². The van der Waals surface area contributed by atoms with Crippen molar-refractivity contribution in [3.05, 3.63) is 263 Å². The molecule has 0 radical (unpaired) electrons. The second-order valence-corrected chi connectivity index (χ2v) is 146.